The van der Waals surface area contributed by atoms with Crippen molar-refractivity contribution in [3.05, 3.63) is 51.3 Å². The third kappa shape index (κ3) is 3.66. The molecule has 0 saturated carbocycles. The van der Waals surface area contributed by atoms with Gasteiger partial charge in [-0.05, 0) is 42.5 Å². The minimum Gasteiger partial charge on any atom is -0.465 e. The summed E-state index contributed by atoms with van der Waals surface area (Å²) in [6.07, 6.45) is 0. The Hall–Kier alpha value is -1.97. The van der Waals surface area contributed by atoms with Crippen LogP contribution in [0.5, 0.6) is 0 Å². The second-order valence-electron chi connectivity index (χ2n) is 5.63. The highest BCUT2D eigenvalue weighted by atomic mass is 35.5. The number of hydrogen-bond acceptors (Lipinski definition) is 6. The van der Waals surface area contributed by atoms with E-state index >= 15 is 0 Å². The maximum absolute atomic E-state index is 11.8. The Kier molecular flexibility index (Phi) is 5.39. The Bertz CT molecular complexity index is 1240. The molecular formula is C18H11Cl2N3O2S3. The smallest absolute Gasteiger partial charge is 0.349 e. The van der Waals surface area contributed by atoms with Crippen molar-refractivity contribution in [2.24, 2.45) is 0 Å². The second kappa shape index (κ2) is 7.81. The fraction of sp³-hybridized carbons (Fsp3) is 0.0556. The molecule has 0 aliphatic carbocycles. The van der Waals surface area contributed by atoms with Gasteiger partial charge < -0.3 is 15.4 Å². The number of methoxy groups -OCH3 is 1. The van der Waals surface area contributed by atoms with Crippen LogP contribution in [0.4, 0.5) is 10.8 Å². The molecular weight excluding hydrogens is 457 g/mol. The number of anilines is 2. The molecule has 0 atom stereocenters. The summed E-state index contributed by atoms with van der Waals surface area (Å²) >= 11 is 20.6. The van der Waals surface area contributed by atoms with Crippen LogP contribution in [-0.4, -0.2) is 23.2 Å². The van der Waals surface area contributed by atoms with Crippen LogP contribution in [0.1, 0.15) is 9.67 Å². The number of carbonyl (C=O) groups excluding carboxylic acids is 1. The van der Waals surface area contributed by atoms with Crippen molar-refractivity contribution in [2.75, 3.05) is 17.7 Å². The molecule has 0 bridgehead atoms. The number of esters is 1. The standard InChI is InChI=1S/C18H11Cl2N3O2S3/c1-25-16(24)15-13(20)9-6-5-8(7-12(9)27-15)21-17(26)23-18-22-14-10(19)3-2-4-11(14)28-18/h2-7H,1H3,(H2,21,22,23,26). The summed E-state index contributed by atoms with van der Waals surface area (Å²) in [6, 6.07) is 11.2. The van der Waals surface area contributed by atoms with Gasteiger partial charge in [0.05, 0.1) is 21.9 Å². The van der Waals surface area contributed by atoms with Gasteiger partial charge in [-0.15, -0.1) is 11.3 Å². The Balaban J connectivity index is 1.54. The lowest BCUT2D eigenvalue weighted by molar-refractivity contribution is 0.0606. The number of rotatable bonds is 3. The predicted molar refractivity (Wildman–Crippen MR) is 123 cm³/mol. The first-order valence-electron chi connectivity index (χ1n) is 7.89. The van der Waals surface area contributed by atoms with Crippen LogP contribution in [-0.2, 0) is 4.74 Å². The van der Waals surface area contributed by atoms with Crippen molar-refractivity contribution in [1.29, 1.82) is 0 Å². The SMILES string of the molecule is COC(=O)c1sc2cc(NC(=S)Nc3nc4c(Cl)cccc4s3)ccc2c1Cl. The van der Waals surface area contributed by atoms with E-state index in [1.54, 1.807) is 6.07 Å². The van der Waals surface area contributed by atoms with E-state index in [9.17, 15) is 4.79 Å². The number of nitrogens with zero attached hydrogens (tertiary/aromatic N) is 1. The van der Waals surface area contributed by atoms with Crippen molar-refractivity contribution >= 4 is 100 Å². The zero-order valence-electron chi connectivity index (χ0n) is 14.2. The number of ether oxygens (including phenoxy) is 1. The molecule has 0 amide bonds. The van der Waals surface area contributed by atoms with Crippen LogP contribution in [0.15, 0.2) is 36.4 Å². The predicted octanol–water partition coefficient (Wildman–Crippen LogP) is 6.41. The van der Waals surface area contributed by atoms with Gasteiger partial charge in [0.15, 0.2) is 10.2 Å². The molecule has 0 spiro atoms. The van der Waals surface area contributed by atoms with Gasteiger partial charge in [-0.3, -0.25) is 0 Å². The van der Waals surface area contributed by atoms with E-state index in [0.29, 0.717) is 25.2 Å². The van der Waals surface area contributed by atoms with Gasteiger partial charge >= 0.3 is 5.97 Å². The lowest BCUT2D eigenvalue weighted by atomic mass is 10.2. The number of thiophene rings is 1. The molecule has 0 unspecified atom stereocenters. The molecule has 10 heteroatoms. The van der Waals surface area contributed by atoms with Crippen molar-refractivity contribution in [3.8, 4) is 0 Å². The van der Waals surface area contributed by atoms with Crippen molar-refractivity contribution in [3.63, 3.8) is 0 Å². The molecule has 0 saturated heterocycles. The molecule has 2 aromatic heterocycles. The van der Waals surface area contributed by atoms with E-state index in [-0.39, 0.29) is 0 Å². The van der Waals surface area contributed by atoms with Crippen molar-refractivity contribution in [1.82, 2.24) is 4.98 Å². The highest BCUT2D eigenvalue weighted by Gasteiger charge is 2.18. The van der Waals surface area contributed by atoms with Gasteiger partial charge in [0.1, 0.15) is 10.4 Å². The van der Waals surface area contributed by atoms with Crippen LogP contribution in [0.2, 0.25) is 10.0 Å². The molecule has 2 N–H and O–H groups in total. The van der Waals surface area contributed by atoms with Gasteiger partial charge in [0.2, 0.25) is 0 Å². The number of fused-ring (bicyclic) bond motifs is 2. The summed E-state index contributed by atoms with van der Waals surface area (Å²) in [5.41, 5.74) is 1.50. The fourth-order valence-electron chi connectivity index (χ4n) is 2.59. The number of thiazole rings is 1. The molecule has 2 aromatic carbocycles. The lowest BCUT2D eigenvalue weighted by Gasteiger charge is -2.08. The summed E-state index contributed by atoms with van der Waals surface area (Å²) < 4.78 is 6.59. The highest BCUT2D eigenvalue weighted by molar-refractivity contribution is 7.80. The number of para-hydroxylation sites is 1. The average molecular weight is 468 g/mol. The van der Waals surface area contributed by atoms with E-state index in [1.807, 2.05) is 30.3 Å². The molecule has 5 nitrogen and oxygen atoms in total. The minimum atomic E-state index is -0.451. The zero-order valence-corrected chi connectivity index (χ0v) is 18.2. The van der Waals surface area contributed by atoms with Crippen molar-refractivity contribution < 1.29 is 9.53 Å². The molecule has 0 radical (unpaired) electrons. The largest absolute Gasteiger partial charge is 0.465 e. The number of carbonyl (C=O) groups is 1. The van der Waals surface area contributed by atoms with E-state index in [1.165, 1.54) is 29.8 Å². The van der Waals surface area contributed by atoms with Gasteiger partial charge in [-0.1, -0.05) is 40.6 Å². The molecule has 142 valence electrons. The molecule has 4 rings (SSSR count). The fourth-order valence-corrected chi connectivity index (χ4v) is 5.51. The Morgan fingerprint density at radius 3 is 2.71 bits per heavy atom. The minimum absolute atomic E-state index is 0.378. The van der Waals surface area contributed by atoms with E-state index in [2.05, 4.69) is 15.6 Å². The first-order chi connectivity index (χ1) is 13.5. The van der Waals surface area contributed by atoms with Crippen LogP contribution in [0, 0.1) is 0 Å². The third-order valence-corrected chi connectivity index (χ3v) is 6.93. The number of aromatic nitrogens is 1. The van der Waals surface area contributed by atoms with Crippen LogP contribution in [0.25, 0.3) is 20.3 Å². The normalized spacial score (nSPS) is 11.0. The third-order valence-electron chi connectivity index (χ3n) is 3.85. The lowest BCUT2D eigenvalue weighted by Crippen LogP contribution is -2.18. The first kappa shape index (κ1) is 19.4. The molecule has 2 heterocycles. The quantitative estimate of drug-likeness (QED) is 0.268. The summed E-state index contributed by atoms with van der Waals surface area (Å²) in [5, 5.41) is 9.01. The Morgan fingerprint density at radius 2 is 1.96 bits per heavy atom. The first-order valence-corrected chi connectivity index (χ1v) is 10.7. The maximum atomic E-state index is 11.8. The molecule has 4 aromatic rings. The van der Waals surface area contributed by atoms with Crippen LogP contribution in [0.3, 0.4) is 0 Å². The van der Waals surface area contributed by atoms with Gasteiger partial charge in [-0.2, -0.15) is 0 Å². The summed E-state index contributed by atoms with van der Waals surface area (Å²) in [5.74, 6) is -0.451. The Labute approximate surface area is 183 Å². The number of nitrogens with one attached hydrogen (secondary N) is 2. The van der Waals surface area contributed by atoms with Crippen LogP contribution < -0.4 is 10.6 Å². The van der Waals surface area contributed by atoms with E-state index < -0.39 is 5.97 Å². The molecule has 28 heavy (non-hydrogen) atoms. The summed E-state index contributed by atoms with van der Waals surface area (Å²) in [4.78, 5) is 16.7. The van der Waals surface area contributed by atoms with Gasteiger partial charge in [0, 0.05) is 15.8 Å². The van der Waals surface area contributed by atoms with E-state index in [4.69, 9.17) is 40.2 Å². The Morgan fingerprint density at radius 1 is 1.14 bits per heavy atom. The monoisotopic (exact) mass is 467 g/mol. The van der Waals surface area contributed by atoms with Crippen LogP contribution >= 0.6 is 58.1 Å². The maximum Gasteiger partial charge on any atom is 0.349 e. The van der Waals surface area contributed by atoms with Gasteiger partial charge in [-0.25, -0.2) is 9.78 Å². The highest BCUT2D eigenvalue weighted by Crippen LogP contribution is 2.37. The van der Waals surface area contributed by atoms with Gasteiger partial charge in [0.25, 0.3) is 0 Å². The molecule has 0 fully saturated rings. The second-order valence-corrected chi connectivity index (χ2v) is 8.91. The number of halogens is 2. The van der Waals surface area contributed by atoms with E-state index in [0.717, 1.165) is 26.0 Å². The number of benzene rings is 2. The summed E-state index contributed by atoms with van der Waals surface area (Å²) in [7, 11) is 1.33. The average Bonchev–Trinajstić information content (AvgIpc) is 3.22. The number of hydrogen-bond donors (Lipinski definition) is 2. The molecule has 0 aliphatic rings. The molecule has 0 aliphatic heterocycles. The summed E-state index contributed by atoms with van der Waals surface area (Å²) in [6.45, 7) is 0. The topological polar surface area (TPSA) is 63.2 Å². The number of thiocarbonyl (C=S) groups is 1. The van der Waals surface area contributed by atoms with Crippen molar-refractivity contribution in [2.45, 2.75) is 0 Å². The zero-order chi connectivity index (χ0) is 19.8.